The van der Waals surface area contributed by atoms with E-state index in [1.54, 1.807) is 0 Å². The highest BCUT2D eigenvalue weighted by atomic mass is 16.3. The van der Waals surface area contributed by atoms with Gasteiger partial charge in [-0.05, 0) is 41.4 Å². The summed E-state index contributed by atoms with van der Waals surface area (Å²) in [5.74, 6) is 0.434. The van der Waals surface area contributed by atoms with Gasteiger partial charge in [-0.2, -0.15) is 0 Å². The summed E-state index contributed by atoms with van der Waals surface area (Å²) in [6, 6.07) is 0. The SMILES string of the molecule is Cc1c(C)c(C(C)(C)C)c(O)c(C(C)(C)C)c1CN. The minimum Gasteiger partial charge on any atom is -0.507 e. The van der Waals surface area contributed by atoms with Gasteiger partial charge in [0.2, 0.25) is 0 Å². The number of hydrogen-bond acceptors (Lipinski definition) is 2. The summed E-state index contributed by atoms with van der Waals surface area (Å²) >= 11 is 0. The van der Waals surface area contributed by atoms with Crippen molar-refractivity contribution in [1.82, 2.24) is 0 Å². The molecule has 3 N–H and O–H groups in total. The Bertz CT molecular complexity index is 488. The fourth-order valence-corrected chi connectivity index (χ4v) is 3.03. The molecule has 0 aliphatic rings. The van der Waals surface area contributed by atoms with Crippen molar-refractivity contribution >= 4 is 0 Å². The number of rotatable bonds is 1. The van der Waals surface area contributed by atoms with Crippen molar-refractivity contribution in [2.75, 3.05) is 0 Å². The number of nitrogens with two attached hydrogens (primary N) is 1. The number of hydrogen-bond donors (Lipinski definition) is 2. The first-order valence-electron chi connectivity index (χ1n) is 6.99. The highest BCUT2D eigenvalue weighted by Gasteiger charge is 2.31. The lowest BCUT2D eigenvalue weighted by molar-refractivity contribution is 0.419. The van der Waals surface area contributed by atoms with Gasteiger partial charge in [0.05, 0.1) is 0 Å². The van der Waals surface area contributed by atoms with Crippen LogP contribution < -0.4 is 5.73 Å². The van der Waals surface area contributed by atoms with Crippen molar-refractivity contribution in [2.24, 2.45) is 5.73 Å². The summed E-state index contributed by atoms with van der Waals surface area (Å²) in [6.07, 6.45) is 0. The van der Waals surface area contributed by atoms with E-state index in [1.165, 1.54) is 11.1 Å². The maximum Gasteiger partial charge on any atom is 0.123 e. The van der Waals surface area contributed by atoms with Crippen molar-refractivity contribution in [1.29, 1.82) is 0 Å². The summed E-state index contributed by atoms with van der Waals surface area (Å²) in [5.41, 5.74) is 11.3. The molecule has 0 fully saturated rings. The molecule has 0 unspecified atom stereocenters. The molecule has 19 heavy (non-hydrogen) atoms. The molecule has 1 rings (SSSR count). The van der Waals surface area contributed by atoms with Crippen molar-refractivity contribution in [3.8, 4) is 5.75 Å². The molecule has 1 aromatic rings. The van der Waals surface area contributed by atoms with Crippen molar-refractivity contribution in [3.05, 3.63) is 27.8 Å². The summed E-state index contributed by atoms with van der Waals surface area (Å²) in [6.45, 7) is 17.5. The molecule has 0 amide bonds. The summed E-state index contributed by atoms with van der Waals surface area (Å²) in [5, 5.41) is 10.8. The third kappa shape index (κ3) is 2.79. The van der Waals surface area contributed by atoms with Crippen LogP contribution in [0.25, 0.3) is 0 Å². The Morgan fingerprint density at radius 1 is 0.842 bits per heavy atom. The van der Waals surface area contributed by atoms with Crippen LogP contribution in [-0.4, -0.2) is 5.11 Å². The Morgan fingerprint density at radius 2 is 1.26 bits per heavy atom. The molecule has 0 aliphatic heterocycles. The molecule has 0 aliphatic carbocycles. The van der Waals surface area contributed by atoms with Crippen LogP contribution in [0.4, 0.5) is 0 Å². The molecule has 0 radical (unpaired) electrons. The highest BCUT2D eigenvalue weighted by molar-refractivity contribution is 5.59. The van der Waals surface area contributed by atoms with Gasteiger partial charge in [0.1, 0.15) is 5.75 Å². The van der Waals surface area contributed by atoms with Gasteiger partial charge >= 0.3 is 0 Å². The predicted molar refractivity (Wildman–Crippen MR) is 82.9 cm³/mol. The van der Waals surface area contributed by atoms with Gasteiger partial charge in [-0.1, -0.05) is 41.5 Å². The monoisotopic (exact) mass is 263 g/mol. The Morgan fingerprint density at radius 3 is 1.58 bits per heavy atom. The predicted octanol–water partition coefficient (Wildman–Crippen LogP) is 4.06. The first-order chi connectivity index (χ1) is 8.42. The van der Waals surface area contributed by atoms with Crippen LogP contribution in [0.15, 0.2) is 0 Å². The molecule has 0 atom stereocenters. The van der Waals surface area contributed by atoms with Crippen LogP contribution in [0.3, 0.4) is 0 Å². The van der Waals surface area contributed by atoms with E-state index in [-0.39, 0.29) is 10.8 Å². The zero-order chi connectivity index (χ0) is 15.2. The molecule has 1 aromatic carbocycles. The van der Waals surface area contributed by atoms with Crippen molar-refractivity contribution in [2.45, 2.75) is 72.8 Å². The lowest BCUT2D eigenvalue weighted by Crippen LogP contribution is -2.23. The molecule has 2 heteroatoms. The maximum absolute atomic E-state index is 10.8. The van der Waals surface area contributed by atoms with Crippen molar-refractivity contribution < 1.29 is 5.11 Å². The second kappa shape index (κ2) is 4.82. The lowest BCUT2D eigenvalue weighted by Gasteiger charge is -2.32. The van der Waals surface area contributed by atoms with E-state index < -0.39 is 0 Å². The van der Waals surface area contributed by atoms with E-state index in [0.29, 0.717) is 12.3 Å². The quantitative estimate of drug-likeness (QED) is 0.802. The van der Waals surface area contributed by atoms with E-state index >= 15 is 0 Å². The standard InChI is InChI=1S/C17H29NO/c1-10-11(2)13(16(3,4)5)15(19)14(12(10)9-18)17(6,7)8/h19H,9,18H2,1-8H3. The number of benzene rings is 1. The van der Waals surface area contributed by atoms with E-state index in [0.717, 1.165) is 16.7 Å². The molecule has 0 aromatic heterocycles. The van der Waals surface area contributed by atoms with Gasteiger partial charge in [-0.3, -0.25) is 0 Å². The smallest absolute Gasteiger partial charge is 0.123 e. The fraction of sp³-hybridized carbons (Fsp3) is 0.647. The van der Waals surface area contributed by atoms with Crippen LogP contribution in [0.5, 0.6) is 5.75 Å². The van der Waals surface area contributed by atoms with Crippen LogP contribution in [0.2, 0.25) is 0 Å². The molecule has 0 bridgehead atoms. The van der Waals surface area contributed by atoms with E-state index in [9.17, 15) is 5.11 Å². The van der Waals surface area contributed by atoms with E-state index in [2.05, 4.69) is 55.4 Å². The number of phenols is 1. The second-order valence-corrected chi connectivity index (χ2v) is 7.53. The van der Waals surface area contributed by atoms with Gasteiger partial charge in [-0.25, -0.2) is 0 Å². The van der Waals surface area contributed by atoms with Crippen LogP contribution >= 0.6 is 0 Å². The summed E-state index contributed by atoms with van der Waals surface area (Å²) in [7, 11) is 0. The largest absolute Gasteiger partial charge is 0.507 e. The van der Waals surface area contributed by atoms with Crippen LogP contribution in [0, 0.1) is 13.8 Å². The van der Waals surface area contributed by atoms with Crippen LogP contribution in [0.1, 0.15) is 69.4 Å². The van der Waals surface area contributed by atoms with Crippen LogP contribution in [-0.2, 0) is 17.4 Å². The third-order valence-corrected chi connectivity index (χ3v) is 3.87. The Kier molecular flexibility index (Phi) is 4.07. The van der Waals surface area contributed by atoms with Gasteiger partial charge in [0, 0.05) is 17.7 Å². The molecule has 0 spiro atoms. The average molecular weight is 263 g/mol. The molecular formula is C17H29NO. The Labute approximate surface area is 118 Å². The van der Waals surface area contributed by atoms with Crippen molar-refractivity contribution in [3.63, 3.8) is 0 Å². The molecule has 0 saturated carbocycles. The summed E-state index contributed by atoms with van der Waals surface area (Å²) in [4.78, 5) is 0. The zero-order valence-corrected chi connectivity index (χ0v) is 13.7. The minimum atomic E-state index is -0.114. The average Bonchev–Trinajstić information content (AvgIpc) is 2.19. The molecular weight excluding hydrogens is 234 g/mol. The molecule has 2 nitrogen and oxygen atoms in total. The van der Waals surface area contributed by atoms with E-state index in [4.69, 9.17) is 5.73 Å². The first kappa shape index (κ1) is 16.0. The summed E-state index contributed by atoms with van der Waals surface area (Å²) < 4.78 is 0. The second-order valence-electron chi connectivity index (χ2n) is 7.53. The van der Waals surface area contributed by atoms with Gasteiger partial charge in [-0.15, -0.1) is 0 Å². The minimum absolute atomic E-state index is 0.0773. The highest BCUT2D eigenvalue weighted by Crippen LogP contribution is 2.44. The maximum atomic E-state index is 10.8. The molecule has 0 heterocycles. The lowest BCUT2D eigenvalue weighted by atomic mass is 9.73. The van der Waals surface area contributed by atoms with Gasteiger partial charge in [0.15, 0.2) is 0 Å². The third-order valence-electron chi connectivity index (χ3n) is 3.87. The topological polar surface area (TPSA) is 46.2 Å². The van der Waals surface area contributed by atoms with Gasteiger partial charge < -0.3 is 10.8 Å². The Hall–Kier alpha value is -1.02. The van der Waals surface area contributed by atoms with Gasteiger partial charge in [0.25, 0.3) is 0 Å². The number of aromatic hydroxyl groups is 1. The normalized spacial score (nSPS) is 12.9. The number of phenolic OH excluding ortho intramolecular Hbond substituents is 1. The zero-order valence-electron chi connectivity index (χ0n) is 13.7. The Balaban J connectivity index is 3.88. The molecule has 0 saturated heterocycles. The van der Waals surface area contributed by atoms with E-state index in [1.807, 2.05) is 0 Å². The first-order valence-corrected chi connectivity index (χ1v) is 6.99. The molecule has 108 valence electrons. The fourth-order valence-electron chi connectivity index (χ4n) is 3.03.